The smallest absolute Gasteiger partial charge is 0.267 e. The van der Waals surface area contributed by atoms with Crippen molar-refractivity contribution in [2.75, 3.05) is 0 Å². The van der Waals surface area contributed by atoms with Crippen LogP contribution in [0.4, 0.5) is 5.00 Å². The summed E-state index contributed by atoms with van der Waals surface area (Å²) in [4.78, 5) is 34.6. The number of fused-ring (bicyclic) bond motifs is 1. The highest BCUT2D eigenvalue weighted by Gasteiger charge is 2.35. The molecule has 0 aliphatic carbocycles. The van der Waals surface area contributed by atoms with Crippen LogP contribution in [0.2, 0.25) is 0 Å². The lowest BCUT2D eigenvalue weighted by atomic mass is 10.1. The van der Waals surface area contributed by atoms with Crippen molar-refractivity contribution in [3.63, 3.8) is 0 Å². The molecular formula is C13H7N3O4S. The van der Waals surface area contributed by atoms with Crippen molar-refractivity contribution in [1.82, 2.24) is 5.01 Å². The number of amides is 2. The highest BCUT2D eigenvalue weighted by molar-refractivity contribution is 7.16. The Morgan fingerprint density at radius 3 is 2.24 bits per heavy atom. The molecule has 2 aromatic rings. The molecule has 0 fully saturated rings. The topological polar surface area (TPSA) is 92.9 Å². The van der Waals surface area contributed by atoms with Gasteiger partial charge in [-0.15, -0.1) is 0 Å². The van der Waals surface area contributed by atoms with Gasteiger partial charge in [0.2, 0.25) is 0 Å². The molecule has 1 aliphatic rings. The molecule has 8 heteroatoms. The van der Waals surface area contributed by atoms with Gasteiger partial charge in [-0.1, -0.05) is 23.5 Å². The molecule has 1 aromatic heterocycles. The minimum Gasteiger partial charge on any atom is -0.267 e. The van der Waals surface area contributed by atoms with E-state index in [2.05, 4.69) is 5.10 Å². The van der Waals surface area contributed by atoms with Crippen LogP contribution in [-0.2, 0) is 0 Å². The maximum absolute atomic E-state index is 12.0. The molecule has 7 nitrogen and oxygen atoms in total. The Hall–Kier alpha value is -2.87. The summed E-state index contributed by atoms with van der Waals surface area (Å²) >= 11 is 0.913. The van der Waals surface area contributed by atoms with E-state index in [0.717, 1.165) is 16.3 Å². The van der Waals surface area contributed by atoms with Gasteiger partial charge < -0.3 is 0 Å². The zero-order valence-corrected chi connectivity index (χ0v) is 11.2. The molecule has 0 saturated carbocycles. The molecular weight excluding hydrogens is 294 g/mol. The molecule has 0 radical (unpaired) electrons. The number of hydrogen-bond donors (Lipinski definition) is 0. The molecule has 104 valence electrons. The van der Waals surface area contributed by atoms with E-state index in [4.69, 9.17) is 0 Å². The van der Waals surface area contributed by atoms with Gasteiger partial charge >= 0.3 is 5.00 Å². The summed E-state index contributed by atoms with van der Waals surface area (Å²) in [7, 11) is 0. The summed E-state index contributed by atoms with van der Waals surface area (Å²) in [5, 5.41) is 15.2. The van der Waals surface area contributed by atoms with Crippen molar-refractivity contribution in [3.8, 4) is 0 Å². The van der Waals surface area contributed by atoms with Crippen molar-refractivity contribution >= 4 is 34.4 Å². The number of nitrogens with zero attached hydrogens (tertiary/aromatic N) is 3. The van der Waals surface area contributed by atoms with Crippen LogP contribution in [0.3, 0.4) is 0 Å². The molecule has 1 aromatic carbocycles. The van der Waals surface area contributed by atoms with Crippen LogP contribution < -0.4 is 0 Å². The summed E-state index contributed by atoms with van der Waals surface area (Å²) in [6.07, 6.45) is 1.26. The van der Waals surface area contributed by atoms with Gasteiger partial charge in [-0.25, -0.2) is 0 Å². The van der Waals surface area contributed by atoms with E-state index in [0.29, 0.717) is 16.0 Å². The second kappa shape index (κ2) is 4.91. The minimum atomic E-state index is -0.510. The molecule has 21 heavy (non-hydrogen) atoms. The second-order valence-corrected chi connectivity index (χ2v) is 5.24. The number of carbonyl (C=O) groups is 2. The van der Waals surface area contributed by atoms with Gasteiger partial charge in [0.15, 0.2) is 0 Å². The molecule has 2 heterocycles. The summed E-state index contributed by atoms with van der Waals surface area (Å²) in [6.45, 7) is 0. The van der Waals surface area contributed by atoms with Crippen LogP contribution in [0.15, 0.2) is 41.5 Å². The predicted molar refractivity (Wildman–Crippen MR) is 75.5 cm³/mol. The van der Waals surface area contributed by atoms with E-state index >= 15 is 0 Å². The Kier molecular flexibility index (Phi) is 3.07. The lowest BCUT2D eigenvalue weighted by Gasteiger charge is -2.04. The number of imide groups is 1. The van der Waals surface area contributed by atoms with Crippen LogP contribution in [0, 0.1) is 10.1 Å². The van der Waals surface area contributed by atoms with E-state index in [1.54, 1.807) is 24.3 Å². The zero-order chi connectivity index (χ0) is 15.0. The van der Waals surface area contributed by atoms with Gasteiger partial charge in [0.05, 0.1) is 27.1 Å². The van der Waals surface area contributed by atoms with E-state index in [1.807, 2.05) is 0 Å². The average Bonchev–Trinajstić information content (AvgIpc) is 3.03. The number of benzene rings is 1. The molecule has 0 spiro atoms. The Labute approximate surface area is 122 Å². The summed E-state index contributed by atoms with van der Waals surface area (Å²) < 4.78 is 0. The number of hydrazone groups is 1. The lowest BCUT2D eigenvalue weighted by molar-refractivity contribution is -0.380. The highest BCUT2D eigenvalue weighted by Crippen LogP contribution is 2.24. The number of nitro groups is 1. The number of hydrogen-bond acceptors (Lipinski definition) is 6. The third-order valence-electron chi connectivity index (χ3n) is 2.87. The molecule has 0 bridgehead atoms. The van der Waals surface area contributed by atoms with Crippen molar-refractivity contribution in [3.05, 3.63) is 62.5 Å². The largest absolute Gasteiger partial charge is 0.324 e. The van der Waals surface area contributed by atoms with Crippen molar-refractivity contribution < 1.29 is 14.5 Å². The first-order valence-corrected chi connectivity index (χ1v) is 6.65. The minimum absolute atomic E-state index is 0.0289. The Balaban J connectivity index is 1.86. The van der Waals surface area contributed by atoms with Gasteiger partial charge in [0.25, 0.3) is 11.8 Å². The van der Waals surface area contributed by atoms with Gasteiger partial charge in [-0.3, -0.25) is 19.7 Å². The third-order valence-corrected chi connectivity index (χ3v) is 3.84. The fourth-order valence-electron chi connectivity index (χ4n) is 1.91. The van der Waals surface area contributed by atoms with Gasteiger partial charge in [-0.05, 0) is 18.2 Å². The van der Waals surface area contributed by atoms with Gasteiger partial charge in [0, 0.05) is 6.07 Å². The van der Waals surface area contributed by atoms with Crippen molar-refractivity contribution in [2.24, 2.45) is 5.10 Å². The van der Waals surface area contributed by atoms with Crippen LogP contribution in [0.5, 0.6) is 0 Å². The first-order chi connectivity index (χ1) is 10.1. The first-order valence-electron chi connectivity index (χ1n) is 5.84. The van der Waals surface area contributed by atoms with E-state index < -0.39 is 16.7 Å². The maximum atomic E-state index is 12.0. The van der Waals surface area contributed by atoms with Crippen molar-refractivity contribution in [1.29, 1.82) is 0 Å². The van der Waals surface area contributed by atoms with E-state index in [-0.39, 0.29) is 5.00 Å². The van der Waals surface area contributed by atoms with Gasteiger partial charge in [0.1, 0.15) is 0 Å². The first kappa shape index (κ1) is 13.1. The number of thiophene rings is 1. The average molecular weight is 301 g/mol. The normalized spacial score (nSPS) is 14.0. The van der Waals surface area contributed by atoms with Crippen LogP contribution in [0.25, 0.3) is 0 Å². The van der Waals surface area contributed by atoms with Crippen LogP contribution in [0.1, 0.15) is 25.6 Å². The maximum Gasteiger partial charge on any atom is 0.324 e. The molecule has 0 atom stereocenters. The molecule has 3 rings (SSSR count). The van der Waals surface area contributed by atoms with E-state index in [1.165, 1.54) is 18.3 Å². The predicted octanol–water partition coefficient (Wildman–Crippen LogP) is 2.29. The lowest BCUT2D eigenvalue weighted by Crippen LogP contribution is -2.23. The molecule has 0 saturated heterocycles. The summed E-state index contributed by atoms with van der Waals surface area (Å²) in [5.74, 6) is -1.00. The quantitative estimate of drug-likeness (QED) is 0.376. The second-order valence-electron chi connectivity index (χ2n) is 4.15. The Bertz CT molecular complexity index is 761. The SMILES string of the molecule is O=C1c2ccccc2C(=O)N1/N=C/c1ccc([N+](=O)[O-])s1. The Morgan fingerprint density at radius 1 is 1.10 bits per heavy atom. The fourth-order valence-corrected chi connectivity index (χ4v) is 2.59. The fraction of sp³-hybridized carbons (Fsp3) is 0. The van der Waals surface area contributed by atoms with Crippen LogP contribution in [-0.4, -0.2) is 28.0 Å². The molecule has 2 amide bonds. The monoisotopic (exact) mass is 301 g/mol. The number of carbonyl (C=O) groups excluding carboxylic acids is 2. The van der Waals surface area contributed by atoms with Crippen LogP contribution >= 0.6 is 11.3 Å². The third kappa shape index (κ3) is 2.21. The van der Waals surface area contributed by atoms with Crippen molar-refractivity contribution in [2.45, 2.75) is 0 Å². The summed E-state index contributed by atoms with van der Waals surface area (Å²) in [5.41, 5.74) is 0.605. The zero-order valence-electron chi connectivity index (χ0n) is 10.4. The van der Waals surface area contributed by atoms with Gasteiger partial charge in [-0.2, -0.15) is 10.1 Å². The Morgan fingerprint density at radius 2 is 1.71 bits per heavy atom. The standard InChI is InChI=1S/C13H7N3O4S/c17-12-9-3-1-2-4-10(9)13(18)15(12)14-7-8-5-6-11(21-8)16(19)20/h1-7H/b14-7+. The highest BCUT2D eigenvalue weighted by atomic mass is 32.1. The summed E-state index contributed by atoms with van der Waals surface area (Å²) in [6, 6.07) is 9.29. The molecule has 0 unspecified atom stereocenters. The molecule has 1 aliphatic heterocycles. The number of rotatable bonds is 3. The van der Waals surface area contributed by atoms with E-state index in [9.17, 15) is 19.7 Å². The molecule has 0 N–H and O–H groups in total.